The van der Waals surface area contributed by atoms with Crippen LogP contribution in [0.5, 0.6) is 0 Å². The van der Waals surface area contributed by atoms with Gasteiger partial charge in [0, 0.05) is 6.54 Å². The lowest BCUT2D eigenvalue weighted by molar-refractivity contribution is -0.00578. The molecule has 0 bridgehead atoms. The maximum Gasteiger partial charge on any atom is 0.0681 e. The van der Waals surface area contributed by atoms with Crippen LogP contribution in [0.1, 0.15) is 11.1 Å². The summed E-state index contributed by atoms with van der Waals surface area (Å²) in [6.07, 6.45) is 0. The van der Waals surface area contributed by atoms with Gasteiger partial charge in [-0.2, -0.15) is 0 Å². The second-order valence-corrected chi connectivity index (χ2v) is 3.59. The molecule has 0 unspecified atom stereocenters. The Kier molecular flexibility index (Phi) is 3.14. The average molecular weight is 193 g/mol. The lowest BCUT2D eigenvalue weighted by Gasteiger charge is -2.27. The fourth-order valence-corrected chi connectivity index (χ4v) is 1.45. The Bertz CT molecular complexity index is 297. The zero-order valence-corrected chi connectivity index (χ0v) is 8.07. The molecule has 0 radical (unpaired) electrons. The molecule has 0 aliphatic carbocycles. The van der Waals surface area contributed by atoms with E-state index in [0.29, 0.717) is 6.04 Å². The zero-order valence-electron chi connectivity index (χ0n) is 8.07. The summed E-state index contributed by atoms with van der Waals surface area (Å²) >= 11 is 0. The van der Waals surface area contributed by atoms with E-state index >= 15 is 0 Å². The third kappa shape index (κ3) is 2.32. The summed E-state index contributed by atoms with van der Waals surface area (Å²) in [5.41, 5.74) is 2.18. The van der Waals surface area contributed by atoms with Crippen LogP contribution in [0.4, 0.5) is 0 Å². The molecule has 76 valence electrons. The van der Waals surface area contributed by atoms with Crippen LogP contribution in [0.25, 0.3) is 0 Å². The van der Waals surface area contributed by atoms with Crippen molar-refractivity contribution in [3.05, 3.63) is 35.4 Å². The lowest BCUT2D eigenvalue weighted by Crippen LogP contribution is -2.45. The summed E-state index contributed by atoms with van der Waals surface area (Å²) in [6.45, 7) is 2.60. The first-order chi connectivity index (χ1) is 6.88. The van der Waals surface area contributed by atoms with E-state index in [0.717, 1.165) is 25.3 Å². The summed E-state index contributed by atoms with van der Waals surface area (Å²) in [7, 11) is 0. The first-order valence-corrected chi connectivity index (χ1v) is 4.88. The summed E-state index contributed by atoms with van der Waals surface area (Å²) in [6, 6.07) is 8.49. The number of benzene rings is 1. The Balaban J connectivity index is 1.87. The van der Waals surface area contributed by atoms with Crippen LogP contribution in [0.3, 0.4) is 0 Å². The van der Waals surface area contributed by atoms with Crippen LogP contribution < -0.4 is 5.32 Å². The van der Waals surface area contributed by atoms with E-state index in [1.807, 2.05) is 18.2 Å². The molecule has 1 fully saturated rings. The summed E-state index contributed by atoms with van der Waals surface area (Å²) < 4.78 is 5.07. The molecule has 0 atom stereocenters. The van der Waals surface area contributed by atoms with Crippen molar-refractivity contribution >= 4 is 0 Å². The van der Waals surface area contributed by atoms with E-state index in [9.17, 15) is 0 Å². The smallest absolute Gasteiger partial charge is 0.0681 e. The van der Waals surface area contributed by atoms with Crippen LogP contribution in [0.15, 0.2) is 24.3 Å². The Morgan fingerprint density at radius 3 is 2.79 bits per heavy atom. The predicted molar refractivity (Wildman–Crippen MR) is 53.8 cm³/mol. The van der Waals surface area contributed by atoms with Gasteiger partial charge >= 0.3 is 0 Å². The number of rotatable bonds is 4. The Hall–Kier alpha value is -0.900. The monoisotopic (exact) mass is 193 g/mol. The molecule has 0 aromatic heterocycles. The van der Waals surface area contributed by atoms with Crippen LogP contribution in [-0.2, 0) is 17.9 Å². The molecule has 0 spiro atoms. The van der Waals surface area contributed by atoms with Gasteiger partial charge in [-0.15, -0.1) is 0 Å². The number of aliphatic hydroxyl groups excluding tert-OH is 1. The number of nitrogens with one attached hydrogen (secondary N) is 1. The first kappa shape index (κ1) is 9.65. The molecule has 2 N–H and O–H groups in total. The van der Waals surface area contributed by atoms with Gasteiger partial charge in [0.15, 0.2) is 0 Å². The third-order valence-corrected chi connectivity index (χ3v) is 2.41. The van der Waals surface area contributed by atoms with Gasteiger partial charge in [0.05, 0.1) is 25.9 Å². The van der Waals surface area contributed by atoms with Gasteiger partial charge in [-0.1, -0.05) is 24.3 Å². The molecule has 3 heteroatoms. The Labute approximate surface area is 83.7 Å². The summed E-state index contributed by atoms with van der Waals surface area (Å²) in [4.78, 5) is 0. The SMILES string of the molecule is OCc1cccc(CNC2COC2)c1. The van der Waals surface area contributed by atoms with Gasteiger partial charge in [0.25, 0.3) is 0 Å². The fourth-order valence-electron chi connectivity index (χ4n) is 1.45. The lowest BCUT2D eigenvalue weighted by atomic mass is 10.1. The molecule has 1 saturated heterocycles. The van der Waals surface area contributed by atoms with E-state index in [-0.39, 0.29) is 6.61 Å². The maximum absolute atomic E-state index is 8.96. The van der Waals surface area contributed by atoms with Crippen LogP contribution in [-0.4, -0.2) is 24.4 Å². The van der Waals surface area contributed by atoms with Gasteiger partial charge in [0.1, 0.15) is 0 Å². The fraction of sp³-hybridized carbons (Fsp3) is 0.455. The number of hydrogen-bond donors (Lipinski definition) is 2. The van der Waals surface area contributed by atoms with E-state index in [1.54, 1.807) is 0 Å². The van der Waals surface area contributed by atoms with Crippen molar-refractivity contribution in [1.82, 2.24) is 5.32 Å². The topological polar surface area (TPSA) is 41.5 Å². The maximum atomic E-state index is 8.96. The number of hydrogen-bond acceptors (Lipinski definition) is 3. The Morgan fingerprint density at radius 1 is 1.36 bits per heavy atom. The molecule has 0 amide bonds. The minimum absolute atomic E-state index is 0.111. The van der Waals surface area contributed by atoms with E-state index < -0.39 is 0 Å². The van der Waals surface area contributed by atoms with Gasteiger partial charge in [-0.25, -0.2) is 0 Å². The van der Waals surface area contributed by atoms with E-state index in [2.05, 4.69) is 11.4 Å². The molecule has 1 aliphatic rings. The molecule has 1 aromatic carbocycles. The molecule has 14 heavy (non-hydrogen) atoms. The van der Waals surface area contributed by atoms with Crippen molar-refractivity contribution in [2.45, 2.75) is 19.2 Å². The minimum Gasteiger partial charge on any atom is -0.392 e. The van der Waals surface area contributed by atoms with Crippen molar-refractivity contribution < 1.29 is 9.84 Å². The van der Waals surface area contributed by atoms with Crippen LogP contribution in [0.2, 0.25) is 0 Å². The summed E-state index contributed by atoms with van der Waals surface area (Å²) in [5.74, 6) is 0. The second kappa shape index (κ2) is 4.55. The van der Waals surface area contributed by atoms with Gasteiger partial charge < -0.3 is 15.2 Å². The predicted octanol–water partition coefficient (Wildman–Crippen LogP) is 0.667. The highest BCUT2D eigenvalue weighted by Crippen LogP contribution is 2.06. The quantitative estimate of drug-likeness (QED) is 0.738. The van der Waals surface area contributed by atoms with Crippen LogP contribution in [0, 0.1) is 0 Å². The van der Waals surface area contributed by atoms with E-state index in [1.165, 1.54) is 5.56 Å². The van der Waals surface area contributed by atoms with Crippen molar-refractivity contribution in [3.63, 3.8) is 0 Å². The second-order valence-electron chi connectivity index (χ2n) is 3.59. The van der Waals surface area contributed by atoms with Gasteiger partial charge in [-0.3, -0.25) is 0 Å². The molecule has 0 saturated carbocycles. The molecule has 1 aliphatic heterocycles. The molecular formula is C11H15NO2. The van der Waals surface area contributed by atoms with Crippen LogP contribution >= 0.6 is 0 Å². The molecular weight excluding hydrogens is 178 g/mol. The Morgan fingerprint density at radius 2 is 2.14 bits per heavy atom. The van der Waals surface area contributed by atoms with Crippen molar-refractivity contribution in [2.24, 2.45) is 0 Å². The summed E-state index contributed by atoms with van der Waals surface area (Å²) in [5, 5.41) is 12.3. The molecule has 3 nitrogen and oxygen atoms in total. The molecule has 2 rings (SSSR count). The largest absolute Gasteiger partial charge is 0.392 e. The normalized spacial score (nSPS) is 16.6. The zero-order chi connectivity index (χ0) is 9.80. The van der Waals surface area contributed by atoms with Crippen molar-refractivity contribution in [2.75, 3.05) is 13.2 Å². The van der Waals surface area contributed by atoms with Crippen molar-refractivity contribution in [3.8, 4) is 0 Å². The highest BCUT2D eigenvalue weighted by atomic mass is 16.5. The highest BCUT2D eigenvalue weighted by Gasteiger charge is 2.16. The molecule has 1 heterocycles. The molecule has 1 aromatic rings. The van der Waals surface area contributed by atoms with E-state index in [4.69, 9.17) is 9.84 Å². The standard InChI is InChI=1S/C11H15NO2/c13-6-10-3-1-2-9(4-10)5-12-11-7-14-8-11/h1-4,11-13H,5-8H2. The van der Waals surface area contributed by atoms with Crippen molar-refractivity contribution in [1.29, 1.82) is 0 Å². The minimum atomic E-state index is 0.111. The number of ether oxygens (including phenoxy) is 1. The number of aliphatic hydroxyl groups is 1. The highest BCUT2D eigenvalue weighted by molar-refractivity contribution is 5.22. The first-order valence-electron chi connectivity index (χ1n) is 4.88. The average Bonchev–Trinajstić information content (AvgIpc) is 2.16. The van der Waals surface area contributed by atoms with Gasteiger partial charge in [-0.05, 0) is 11.1 Å². The third-order valence-electron chi connectivity index (χ3n) is 2.41. The van der Waals surface area contributed by atoms with Gasteiger partial charge in [0.2, 0.25) is 0 Å².